The van der Waals surface area contributed by atoms with Crippen molar-refractivity contribution in [3.63, 3.8) is 0 Å². The first-order chi connectivity index (χ1) is 32.6. The van der Waals surface area contributed by atoms with Gasteiger partial charge in [-0.3, -0.25) is 9.59 Å². The summed E-state index contributed by atoms with van der Waals surface area (Å²) in [6.07, 6.45) is 18.1. The minimum Gasteiger partial charge on any atom is -0.462 e. The number of alkyl carbamates (subject to hydrolysis) is 1. The van der Waals surface area contributed by atoms with Gasteiger partial charge in [0.1, 0.15) is 17.3 Å². The zero-order valence-corrected chi connectivity index (χ0v) is 46.7. The van der Waals surface area contributed by atoms with Crippen LogP contribution in [0.1, 0.15) is 213 Å². The Morgan fingerprint density at radius 3 is 1.97 bits per heavy atom. The van der Waals surface area contributed by atoms with Crippen molar-refractivity contribution >= 4 is 30.1 Å². The van der Waals surface area contributed by atoms with Crippen LogP contribution in [0.15, 0.2) is 11.6 Å². The second kappa shape index (κ2) is 25.9. The number of amides is 5. The van der Waals surface area contributed by atoms with Crippen LogP contribution in [-0.4, -0.2) is 102 Å². The number of nitrogens with zero attached hydrogens (tertiary/aromatic N) is 2. The molecule has 3 fully saturated rings. The van der Waals surface area contributed by atoms with Gasteiger partial charge in [0, 0.05) is 64.1 Å². The molecule has 5 amide bonds. The number of nitrogens with one attached hydrogen (secondary N) is 3. The third kappa shape index (κ3) is 18.5. The SMILES string of the molecule is CC(C)CCC[C@@H](C)[C@H]1CC[C@H]2[C@@H]3CC=C4C[C@@H](OC(=O)CCCC(=O)N(CCCCN(CCCNC(=O)OC(C)(C)C)C(=O)OC(C)(C)C)CCCNC(=O)NC(C)(C)C)CC[C@]4(C)[C@H]3CC[C@]12C. The van der Waals surface area contributed by atoms with Crippen molar-refractivity contribution < 1.29 is 38.2 Å². The molecule has 4 rings (SSSR count). The largest absolute Gasteiger partial charge is 0.462 e. The fourth-order valence-electron chi connectivity index (χ4n) is 12.8. The van der Waals surface area contributed by atoms with Crippen LogP contribution >= 0.6 is 0 Å². The van der Waals surface area contributed by atoms with Crippen LogP contribution in [0.25, 0.3) is 0 Å². The Balaban J connectivity index is 1.28. The summed E-state index contributed by atoms with van der Waals surface area (Å²) < 4.78 is 17.2. The molecular formula is C57H101N5O8. The Morgan fingerprint density at radius 1 is 0.700 bits per heavy atom. The predicted octanol–water partition coefficient (Wildman–Crippen LogP) is 12.4. The van der Waals surface area contributed by atoms with E-state index >= 15 is 0 Å². The lowest BCUT2D eigenvalue weighted by atomic mass is 9.47. The Morgan fingerprint density at radius 2 is 1.33 bits per heavy atom. The Labute approximate surface area is 425 Å². The summed E-state index contributed by atoms with van der Waals surface area (Å²) >= 11 is 0. The maximum atomic E-state index is 13.8. The summed E-state index contributed by atoms with van der Waals surface area (Å²) in [5.41, 5.74) is 0.513. The van der Waals surface area contributed by atoms with Crippen molar-refractivity contribution in [1.82, 2.24) is 25.8 Å². The van der Waals surface area contributed by atoms with Crippen LogP contribution < -0.4 is 16.0 Å². The minimum absolute atomic E-state index is 0.0442. The molecule has 0 aromatic heterocycles. The Hall–Kier alpha value is -3.51. The summed E-state index contributed by atoms with van der Waals surface area (Å²) in [5.74, 6) is 4.46. The Bertz CT molecular complexity index is 1750. The maximum absolute atomic E-state index is 13.8. The molecule has 8 atom stereocenters. The second-order valence-corrected chi connectivity index (χ2v) is 25.8. The van der Waals surface area contributed by atoms with Crippen LogP contribution in [0.5, 0.6) is 0 Å². The minimum atomic E-state index is -0.671. The molecule has 0 aromatic carbocycles. The van der Waals surface area contributed by atoms with E-state index in [1.807, 2.05) is 46.4 Å². The van der Waals surface area contributed by atoms with Crippen LogP contribution in [-0.2, 0) is 23.8 Å². The first-order valence-electron chi connectivity index (χ1n) is 27.8. The normalized spacial score (nSPS) is 25.9. The zero-order chi connectivity index (χ0) is 52.1. The van der Waals surface area contributed by atoms with Crippen molar-refractivity contribution in [3.05, 3.63) is 11.6 Å². The molecule has 0 radical (unpaired) electrons. The molecule has 4 aliphatic rings. The van der Waals surface area contributed by atoms with Crippen molar-refractivity contribution in [3.8, 4) is 0 Å². The highest BCUT2D eigenvalue weighted by molar-refractivity contribution is 5.77. The number of unbranched alkanes of at least 4 members (excludes halogenated alkanes) is 1. The Kier molecular flexibility index (Phi) is 21.9. The zero-order valence-electron chi connectivity index (χ0n) is 46.7. The fraction of sp³-hybridized carbons (Fsp3) is 0.877. The topological polar surface area (TPSA) is 156 Å². The third-order valence-electron chi connectivity index (χ3n) is 16.1. The monoisotopic (exact) mass is 984 g/mol. The maximum Gasteiger partial charge on any atom is 0.410 e. The van der Waals surface area contributed by atoms with Crippen molar-refractivity contribution in [2.24, 2.45) is 46.3 Å². The number of urea groups is 1. The van der Waals surface area contributed by atoms with Gasteiger partial charge in [0.25, 0.3) is 0 Å². The van der Waals surface area contributed by atoms with Crippen LogP contribution in [0.2, 0.25) is 0 Å². The van der Waals surface area contributed by atoms with E-state index in [1.165, 1.54) is 56.9 Å². The molecular weight excluding hydrogens is 883 g/mol. The first kappa shape index (κ1) is 59.1. The number of hydrogen-bond acceptors (Lipinski definition) is 8. The smallest absolute Gasteiger partial charge is 0.410 e. The van der Waals surface area contributed by atoms with E-state index in [9.17, 15) is 24.0 Å². The van der Waals surface area contributed by atoms with Gasteiger partial charge in [0.2, 0.25) is 5.91 Å². The molecule has 0 spiro atoms. The standard InChI is InChI=1S/C57H101N5O8/c1-40(2)21-17-22-41(3)45-27-28-46-44-26-25-42-39-43(29-31-56(42,13)47(44)30-32-57(45,46)14)68-49(64)24-18-23-48(63)61(37-19-33-58-50(65)60-53(4,5)6)35-15-16-36-62(52(67)70-55(10,11)12)38-20-34-59-51(66)69-54(7,8)9/h25,40-41,43-47H,15-24,26-39H2,1-14H3,(H,59,66)(H2,58,60,65)/t41-,43+,44+,45-,46+,47+,56+,57-/m1/s1. The molecule has 3 saturated carbocycles. The average molecular weight is 984 g/mol. The van der Waals surface area contributed by atoms with Gasteiger partial charge >= 0.3 is 24.2 Å². The van der Waals surface area contributed by atoms with Gasteiger partial charge < -0.3 is 40.0 Å². The molecule has 13 heteroatoms. The quantitative estimate of drug-likeness (QED) is 0.0395. The van der Waals surface area contributed by atoms with Gasteiger partial charge in [-0.05, 0) is 186 Å². The lowest BCUT2D eigenvalue weighted by Gasteiger charge is -2.58. The van der Waals surface area contributed by atoms with Gasteiger partial charge in [-0.2, -0.15) is 0 Å². The summed E-state index contributed by atoms with van der Waals surface area (Å²) in [5, 5.41) is 8.55. The molecule has 0 saturated heterocycles. The molecule has 402 valence electrons. The summed E-state index contributed by atoms with van der Waals surface area (Å²) in [6.45, 7) is 31.6. The molecule has 4 aliphatic carbocycles. The highest BCUT2D eigenvalue weighted by Gasteiger charge is 2.59. The van der Waals surface area contributed by atoms with Crippen LogP contribution in [0.3, 0.4) is 0 Å². The van der Waals surface area contributed by atoms with E-state index in [0.29, 0.717) is 82.7 Å². The summed E-state index contributed by atoms with van der Waals surface area (Å²) in [4.78, 5) is 68.4. The number of esters is 1. The molecule has 0 bridgehead atoms. The van der Waals surface area contributed by atoms with Gasteiger partial charge in [0.15, 0.2) is 0 Å². The third-order valence-corrected chi connectivity index (χ3v) is 16.1. The number of rotatable bonds is 23. The van der Waals surface area contributed by atoms with Crippen molar-refractivity contribution in [2.45, 2.75) is 235 Å². The molecule has 0 aromatic rings. The van der Waals surface area contributed by atoms with E-state index < -0.39 is 23.4 Å². The molecule has 3 N–H and O–H groups in total. The fourth-order valence-corrected chi connectivity index (χ4v) is 12.8. The predicted molar refractivity (Wildman–Crippen MR) is 280 cm³/mol. The number of carbonyl (C=O) groups is 5. The average Bonchev–Trinajstić information content (AvgIpc) is 3.59. The van der Waals surface area contributed by atoms with E-state index in [2.05, 4.69) is 56.6 Å². The number of carbonyl (C=O) groups excluding carboxylic acids is 5. The number of fused-ring (bicyclic) bond motifs is 5. The van der Waals surface area contributed by atoms with Crippen LogP contribution in [0, 0.1) is 46.3 Å². The van der Waals surface area contributed by atoms with Gasteiger partial charge in [-0.1, -0.05) is 65.5 Å². The van der Waals surface area contributed by atoms with Gasteiger partial charge in [-0.25, -0.2) is 14.4 Å². The number of allylic oxidation sites excluding steroid dienone is 1. The second-order valence-electron chi connectivity index (χ2n) is 25.8. The molecule has 70 heavy (non-hydrogen) atoms. The molecule has 13 nitrogen and oxygen atoms in total. The molecule has 0 heterocycles. The summed E-state index contributed by atoms with van der Waals surface area (Å²) in [7, 11) is 0. The van der Waals surface area contributed by atoms with Gasteiger partial charge in [0.05, 0.1) is 0 Å². The highest BCUT2D eigenvalue weighted by Crippen LogP contribution is 2.67. The van der Waals surface area contributed by atoms with Crippen molar-refractivity contribution in [2.75, 3.05) is 39.3 Å². The van der Waals surface area contributed by atoms with E-state index in [0.717, 1.165) is 48.9 Å². The summed E-state index contributed by atoms with van der Waals surface area (Å²) in [6, 6.07) is -0.254. The lowest BCUT2D eigenvalue weighted by molar-refractivity contribution is -0.151. The first-order valence-corrected chi connectivity index (χ1v) is 27.8. The number of hydrogen-bond donors (Lipinski definition) is 3. The molecule has 0 aliphatic heterocycles. The van der Waals surface area contributed by atoms with Crippen molar-refractivity contribution in [1.29, 1.82) is 0 Å². The van der Waals surface area contributed by atoms with E-state index in [-0.39, 0.29) is 47.8 Å². The van der Waals surface area contributed by atoms with E-state index in [1.54, 1.807) is 25.7 Å². The lowest BCUT2D eigenvalue weighted by Crippen LogP contribution is -2.51. The van der Waals surface area contributed by atoms with E-state index in [4.69, 9.17) is 14.2 Å². The van der Waals surface area contributed by atoms with Gasteiger partial charge in [-0.15, -0.1) is 0 Å². The molecule has 0 unspecified atom stereocenters. The number of ether oxygens (including phenoxy) is 3. The van der Waals surface area contributed by atoms with Crippen LogP contribution in [0.4, 0.5) is 14.4 Å². The highest BCUT2D eigenvalue weighted by atomic mass is 16.6.